The second-order valence-corrected chi connectivity index (χ2v) is 5.48. The van der Waals surface area contributed by atoms with E-state index in [2.05, 4.69) is 38.1 Å². The van der Waals surface area contributed by atoms with Crippen LogP contribution >= 0.6 is 0 Å². The van der Waals surface area contributed by atoms with E-state index in [9.17, 15) is 5.26 Å². The van der Waals surface area contributed by atoms with Gasteiger partial charge in [0.25, 0.3) is 0 Å². The Morgan fingerprint density at radius 3 is 2.63 bits per heavy atom. The molecular formula is C17H23NO. The molecule has 2 nitrogen and oxygen atoms in total. The Hall–Kier alpha value is -1.49. The van der Waals surface area contributed by atoms with E-state index in [4.69, 9.17) is 4.74 Å². The summed E-state index contributed by atoms with van der Waals surface area (Å²) in [5.41, 5.74) is 2.70. The highest BCUT2D eigenvalue weighted by atomic mass is 16.5. The lowest BCUT2D eigenvalue weighted by Gasteiger charge is -2.23. The molecule has 0 atom stereocenters. The van der Waals surface area contributed by atoms with E-state index in [-0.39, 0.29) is 5.41 Å². The summed E-state index contributed by atoms with van der Waals surface area (Å²) in [4.78, 5) is 0. The zero-order chi connectivity index (χ0) is 13.7. The molecule has 19 heavy (non-hydrogen) atoms. The van der Waals surface area contributed by atoms with Gasteiger partial charge in [-0.1, -0.05) is 19.9 Å². The molecule has 1 aliphatic rings. The van der Waals surface area contributed by atoms with Gasteiger partial charge in [0, 0.05) is 6.42 Å². The highest BCUT2D eigenvalue weighted by molar-refractivity contribution is 5.38. The van der Waals surface area contributed by atoms with Gasteiger partial charge < -0.3 is 4.74 Å². The summed E-state index contributed by atoms with van der Waals surface area (Å²) in [6.45, 7) is 4.80. The Balaban J connectivity index is 1.91. The number of aryl methyl sites for hydroxylation is 2. The monoisotopic (exact) mass is 257 g/mol. The molecule has 0 bridgehead atoms. The molecule has 0 saturated heterocycles. The molecule has 0 heterocycles. The molecule has 0 aromatic heterocycles. The van der Waals surface area contributed by atoms with E-state index >= 15 is 0 Å². The number of hydrogen-bond acceptors (Lipinski definition) is 2. The summed E-state index contributed by atoms with van der Waals surface area (Å²) in [7, 11) is 0. The van der Waals surface area contributed by atoms with Crippen molar-refractivity contribution in [2.75, 3.05) is 6.61 Å². The lowest BCUT2D eigenvalue weighted by molar-refractivity contribution is 0.231. The van der Waals surface area contributed by atoms with Crippen LogP contribution in [0.5, 0.6) is 5.75 Å². The van der Waals surface area contributed by atoms with E-state index in [0.29, 0.717) is 6.61 Å². The standard InChI is InChI=1S/C17H23NO/c1-3-17(4-2,13-18)10-11-19-16-9-8-14-6-5-7-15(14)12-16/h8-9,12H,3-7,10-11H2,1-2H3. The Morgan fingerprint density at radius 2 is 1.95 bits per heavy atom. The maximum Gasteiger partial charge on any atom is 0.119 e. The highest BCUT2D eigenvalue weighted by Crippen LogP contribution is 2.30. The fourth-order valence-corrected chi connectivity index (χ4v) is 2.82. The molecule has 0 radical (unpaired) electrons. The van der Waals surface area contributed by atoms with Crippen LogP contribution in [0.2, 0.25) is 0 Å². The molecular weight excluding hydrogens is 234 g/mol. The van der Waals surface area contributed by atoms with Gasteiger partial charge >= 0.3 is 0 Å². The summed E-state index contributed by atoms with van der Waals surface area (Å²) in [6.07, 6.45) is 6.26. The van der Waals surface area contributed by atoms with Gasteiger partial charge in [0.2, 0.25) is 0 Å². The average Bonchev–Trinajstić information content (AvgIpc) is 2.92. The topological polar surface area (TPSA) is 33.0 Å². The van der Waals surface area contributed by atoms with Gasteiger partial charge in [0.15, 0.2) is 0 Å². The van der Waals surface area contributed by atoms with Crippen molar-refractivity contribution in [3.8, 4) is 11.8 Å². The van der Waals surface area contributed by atoms with Gasteiger partial charge in [0.1, 0.15) is 5.75 Å². The van der Waals surface area contributed by atoms with Crippen LogP contribution in [0, 0.1) is 16.7 Å². The first-order chi connectivity index (χ1) is 9.23. The fraction of sp³-hybridized carbons (Fsp3) is 0.588. The van der Waals surface area contributed by atoms with Crippen molar-refractivity contribution < 1.29 is 4.74 Å². The zero-order valence-corrected chi connectivity index (χ0v) is 12.0. The van der Waals surface area contributed by atoms with Crippen LogP contribution in [0.15, 0.2) is 18.2 Å². The van der Waals surface area contributed by atoms with E-state index in [0.717, 1.165) is 25.0 Å². The summed E-state index contributed by atoms with van der Waals surface area (Å²) < 4.78 is 5.84. The Kier molecular flexibility index (Phi) is 4.47. The minimum absolute atomic E-state index is 0.212. The van der Waals surface area contributed by atoms with E-state index in [1.54, 1.807) is 0 Å². The molecule has 0 aliphatic heterocycles. The molecule has 0 N–H and O–H groups in total. The molecule has 0 amide bonds. The summed E-state index contributed by atoms with van der Waals surface area (Å²) in [6, 6.07) is 8.89. The van der Waals surface area contributed by atoms with Crippen LogP contribution in [0.3, 0.4) is 0 Å². The predicted octanol–water partition coefficient (Wildman–Crippen LogP) is 4.27. The van der Waals surface area contributed by atoms with Crippen LogP contribution in [0.1, 0.15) is 50.7 Å². The highest BCUT2D eigenvalue weighted by Gasteiger charge is 2.25. The summed E-state index contributed by atoms with van der Waals surface area (Å²) in [5, 5.41) is 9.30. The maximum atomic E-state index is 9.30. The molecule has 1 aliphatic carbocycles. The summed E-state index contributed by atoms with van der Waals surface area (Å²) >= 11 is 0. The van der Waals surface area contributed by atoms with Crippen LogP contribution in [0.25, 0.3) is 0 Å². The quantitative estimate of drug-likeness (QED) is 0.762. The molecule has 1 aromatic rings. The lowest BCUT2D eigenvalue weighted by Crippen LogP contribution is -2.19. The first kappa shape index (κ1) is 13.9. The first-order valence-electron chi connectivity index (χ1n) is 7.39. The number of hydrogen-bond donors (Lipinski definition) is 0. The van der Waals surface area contributed by atoms with Gasteiger partial charge in [-0.15, -0.1) is 0 Å². The second kappa shape index (κ2) is 6.10. The van der Waals surface area contributed by atoms with Crippen molar-refractivity contribution in [3.05, 3.63) is 29.3 Å². The van der Waals surface area contributed by atoms with Gasteiger partial charge in [-0.25, -0.2) is 0 Å². The van der Waals surface area contributed by atoms with Crippen molar-refractivity contribution in [1.82, 2.24) is 0 Å². The van der Waals surface area contributed by atoms with Crippen molar-refractivity contribution in [1.29, 1.82) is 5.26 Å². The van der Waals surface area contributed by atoms with E-state index < -0.39 is 0 Å². The number of fused-ring (bicyclic) bond motifs is 1. The van der Waals surface area contributed by atoms with Crippen LogP contribution < -0.4 is 4.74 Å². The molecule has 2 rings (SSSR count). The molecule has 0 spiro atoms. The van der Waals surface area contributed by atoms with Crippen molar-refractivity contribution >= 4 is 0 Å². The van der Waals surface area contributed by atoms with Gasteiger partial charge in [-0.3, -0.25) is 0 Å². The molecule has 102 valence electrons. The number of benzene rings is 1. The molecule has 1 aromatic carbocycles. The average molecular weight is 257 g/mol. The third-order valence-corrected chi connectivity index (χ3v) is 4.51. The molecule has 2 heteroatoms. The lowest BCUT2D eigenvalue weighted by atomic mass is 9.81. The van der Waals surface area contributed by atoms with Gasteiger partial charge in [-0.05, 0) is 55.4 Å². The largest absolute Gasteiger partial charge is 0.494 e. The molecule has 0 unspecified atom stereocenters. The Morgan fingerprint density at radius 1 is 1.21 bits per heavy atom. The number of nitriles is 1. The van der Waals surface area contributed by atoms with Crippen LogP contribution in [0.4, 0.5) is 0 Å². The zero-order valence-electron chi connectivity index (χ0n) is 12.0. The molecule has 0 fully saturated rings. The van der Waals surface area contributed by atoms with Crippen molar-refractivity contribution in [3.63, 3.8) is 0 Å². The number of rotatable bonds is 6. The Bertz CT molecular complexity index is 469. The predicted molar refractivity (Wildman–Crippen MR) is 77.2 cm³/mol. The smallest absolute Gasteiger partial charge is 0.119 e. The maximum absolute atomic E-state index is 9.30. The fourth-order valence-electron chi connectivity index (χ4n) is 2.82. The van der Waals surface area contributed by atoms with Crippen LogP contribution in [-0.4, -0.2) is 6.61 Å². The van der Waals surface area contributed by atoms with E-state index in [1.165, 1.54) is 30.4 Å². The van der Waals surface area contributed by atoms with E-state index in [1.807, 2.05) is 0 Å². The minimum Gasteiger partial charge on any atom is -0.494 e. The number of nitrogens with zero attached hydrogens (tertiary/aromatic N) is 1. The van der Waals surface area contributed by atoms with Crippen LogP contribution in [-0.2, 0) is 12.8 Å². The Labute approximate surface area is 116 Å². The van der Waals surface area contributed by atoms with Crippen molar-refractivity contribution in [2.45, 2.75) is 52.4 Å². The SMILES string of the molecule is CCC(C#N)(CC)CCOc1ccc2c(c1)CCC2. The van der Waals surface area contributed by atoms with Crippen molar-refractivity contribution in [2.24, 2.45) is 5.41 Å². The summed E-state index contributed by atoms with van der Waals surface area (Å²) in [5.74, 6) is 0.958. The normalized spacial score (nSPS) is 13.9. The number of ether oxygens (including phenoxy) is 1. The minimum atomic E-state index is -0.212. The second-order valence-electron chi connectivity index (χ2n) is 5.48. The first-order valence-corrected chi connectivity index (χ1v) is 7.39. The third kappa shape index (κ3) is 3.10. The van der Waals surface area contributed by atoms with Gasteiger partial charge in [0.05, 0.1) is 18.1 Å². The van der Waals surface area contributed by atoms with Gasteiger partial charge in [-0.2, -0.15) is 5.26 Å². The molecule has 0 saturated carbocycles. The third-order valence-electron chi connectivity index (χ3n) is 4.51.